The minimum atomic E-state index is -1.28. The molecule has 5 nitrogen and oxygen atoms in total. The number of nitrogens with one attached hydrogen (secondary N) is 1. The number of carbonyl (C=O) groups is 2. The molecule has 0 radical (unpaired) electrons. The number of benzene rings is 4. The minimum absolute atomic E-state index is 0.0936. The molecule has 204 valence electrons. The van der Waals surface area contributed by atoms with Crippen molar-refractivity contribution in [2.75, 3.05) is 7.11 Å². The maximum Gasteiger partial charge on any atom is 0.261 e. The summed E-state index contributed by atoms with van der Waals surface area (Å²) in [7, 11) is 0.314. The molecule has 1 aromatic heterocycles. The number of aryl methyl sites for hydroxylation is 1. The number of thiophene rings is 1. The Kier molecular flexibility index (Phi) is 7.39. The molecule has 2 heterocycles. The van der Waals surface area contributed by atoms with E-state index in [1.165, 1.54) is 16.9 Å². The maximum absolute atomic E-state index is 13.4. The molecule has 0 saturated heterocycles. The SMILES string of the molecule is COc1ccc(C(=O)c2ccccc2-c2ccc3c(c2)S(=O)Cc2cc(C(=O)NCc4ccc(C)cc4)sc2-3)cc1. The Bertz CT molecular complexity index is 1800. The molecule has 0 fully saturated rings. The Morgan fingerprint density at radius 3 is 2.41 bits per heavy atom. The number of amides is 1. The fourth-order valence-corrected chi connectivity index (χ4v) is 7.60. The van der Waals surface area contributed by atoms with Crippen LogP contribution in [0.5, 0.6) is 5.75 Å². The average molecular weight is 578 g/mol. The Hall–Kier alpha value is -4.33. The highest BCUT2D eigenvalue weighted by Crippen LogP contribution is 2.43. The quantitative estimate of drug-likeness (QED) is 0.208. The van der Waals surface area contributed by atoms with Crippen LogP contribution in [0, 0.1) is 6.92 Å². The van der Waals surface area contributed by atoms with Gasteiger partial charge in [0.2, 0.25) is 0 Å². The predicted molar refractivity (Wildman–Crippen MR) is 164 cm³/mol. The van der Waals surface area contributed by atoms with Crippen molar-refractivity contribution < 1.29 is 18.5 Å². The van der Waals surface area contributed by atoms with Gasteiger partial charge in [0.1, 0.15) is 5.75 Å². The van der Waals surface area contributed by atoms with Gasteiger partial charge >= 0.3 is 0 Å². The molecule has 0 saturated carbocycles. The zero-order valence-corrected chi connectivity index (χ0v) is 24.2. The summed E-state index contributed by atoms with van der Waals surface area (Å²) in [5.74, 6) is 0.802. The van der Waals surface area contributed by atoms with Crippen molar-refractivity contribution in [1.29, 1.82) is 0 Å². The molecule has 1 amide bonds. The molecule has 41 heavy (non-hydrogen) atoms. The third-order valence-electron chi connectivity index (χ3n) is 7.20. The van der Waals surface area contributed by atoms with E-state index in [4.69, 9.17) is 4.74 Å². The summed E-state index contributed by atoms with van der Waals surface area (Å²) in [6.07, 6.45) is 0. The molecule has 0 aliphatic carbocycles. The third kappa shape index (κ3) is 5.38. The van der Waals surface area contributed by atoms with Crippen LogP contribution in [0.3, 0.4) is 0 Å². The van der Waals surface area contributed by atoms with E-state index in [9.17, 15) is 13.8 Å². The summed E-state index contributed by atoms with van der Waals surface area (Å²) >= 11 is 1.42. The number of fused-ring (bicyclic) bond motifs is 3. The van der Waals surface area contributed by atoms with Crippen molar-refractivity contribution >= 4 is 33.8 Å². The van der Waals surface area contributed by atoms with E-state index in [2.05, 4.69) is 5.32 Å². The summed E-state index contributed by atoms with van der Waals surface area (Å²) in [6.45, 7) is 2.48. The van der Waals surface area contributed by atoms with Gasteiger partial charge in [-0.2, -0.15) is 0 Å². The lowest BCUT2D eigenvalue weighted by molar-refractivity contribution is 0.0954. The largest absolute Gasteiger partial charge is 0.497 e. The Morgan fingerprint density at radius 1 is 0.902 bits per heavy atom. The molecule has 1 unspecified atom stereocenters. The lowest BCUT2D eigenvalue weighted by Gasteiger charge is -2.18. The number of ether oxygens (including phenoxy) is 1. The fraction of sp³-hybridized carbons (Fsp3) is 0.118. The smallest absolute Gasteiger partial charge is 0.261 e. The van der Waals surface area contributed by atoms with Crippen molar-refractivity contribution in [1.82, 2.24) is 5.32 Å². The van der Waals surface area contributed by atoms with Gasteiger partial charge < -0.3 is 10.1 Å². The third-order valence-corrected chi connectivity index (χ3v) is 9.81. The lowest BCUT2D eigenvalue weighted by atomic mass is 9.93. The predicted octanol–water partition coefficient (Wildman–Crippen LogP) is 7.18. The summed E-state index contributed by atoms with van der Waals surface area (Å²) in [4.78, 5) is 28.7. The molecule has 4 aromatic carbocycles. The summed E-state index contributed by atoms with van der Waals surface area (Å²) < 4.78 is 18.6. The highest BCUT2D eigenvalue weighted by Gasteiger charge is 2.27. The van der Waals surface area contributed by atoms with Crippen LogP contribution in [0.1, 0.15) is 42.3 Å². The highest BCUT2D eigenvalue weighted by atomic mass is 32.2. The van der Waals surface area contributed by atoms with Gasteiger partial charge in [-0.05, 0) is 65.6 Å². The zero-order valence-electron chi connectivity index (χ0n) is 22.6. The lowest BCUT2D eigenvalue weighted by Crippen LogP contribution is -2.21. The van der Waals surface area contributed by atoms with E-state index in [0.717, 1.165) is 37.6 Å². The molecule has 6 rings (SSSR count). The second kappa shape index (κ2) is 11.3. The van der Waals surface area contributed by atoms with Gasteiger partial charge in [-0.1, -0.05) is 66.2 Å². The molecule has 0 spiro atoms. The first kappa shape index (κ1) is 26.9. The van der Waals surface area contributed by atoms with Crippen molar-refractivity contribution in [2.24, 2.45) is 0 Å². The van der Waals surface area contributed by atoms with Crippen molar-refractivity contribution in [2.45, 2.75) is 24.1 Å². The Balaban J connectivity index is 1.28. The molecule has 1 aliphatic heterocycles. The van der Waals surface area contributed by atoms with E-state index in [1.54, 1.807) is 31.4 Å². The first-order valence-electron chi connectivity index (χ1n) is 13.2. The van der Waals surface area contributed by atoms with E-state index in [1.807, 2.05) is 79.7 Å². The van der Waals surface area contributed by atoms with Crippen LogP contribution in [0.2, 0.25) is 0 Å². The van der Waals surface area contributed by atoms with Crippen molar-refractivity contribution in [3.05, 3.63) is 130 Å². The average Bonchev–Trinajstić information content (AvgIpc) is 3.44. The van der Waals surface area contributed by atoms with Gasteiger partial charge in [0.25, 0.3) is 5.91 Å². The molecule has 5 aromatic rings. The fourth-order valence-electron chi connectivity index (χ4n) is 4.97. The van der Waals surface area contributed by atoms with E-state index in [0.29, 0.717) is 34.1 Å². The number of carbonyl (C=O) groups excluding carboxylic acids is 2. The van der Waals surface area contributed by atoms with Gasteiger partial charge in [-0.15, -0.1) is 11.3 Å². The van der Waals surface area contributed by atoms with E-state index >= 15 is 0 Å². The number of rotatable bonds is 7. The molecule has 7 heteroatoms. The van der Waals surface area contributed by atoms with Gasteiger partial charge in [-0.3, -0.25) is 13.8 Å². The van der Waals surface area contributed by atoms with Crippen LogP contribution < -0.4 is 10.1 Å². The zero-order chi connectivity index (χ0) is 28.5. The molecule has 1 aliphatic rings. The summed E-state index contributed by atoms with van der Waals surface area (Å²) in [5, 5.41) is 3.00. The topological polar surface area (TPSA) is 72.5 Å². The first-order valence-corrected chi connectivity index (χ1v) is 15.3. The summed E-state index contributed by atoms with van der Waals surface area (Å²) in [6, 6.07) is 30.3. The molecular weight excluding hydrogens is 551 g/mol. The molecular formula is C34H27NO4S2. The Morgan fingerprint density at radius 2 is 1.66 bits per heavy atom. The monoisotopic (exact) mass is 577 g/mol. The van der Waals surface area contributed by atoms with Crippen LogP contribution in [0.4, 0.5) is 0 Å². The van der Waals surface area contributed by atoms with E-state index < -0.39 is 10.8 Å². The second-order valence-corrected chi connectivity index (χ2v) is 12.4. The Labute approximate surface area is 245 Å². The van der Waals surface area contributed by atoms with Gasteiger partial charge in [0.05, 0.1) is 28.5 Å². The van der Waals surface area contributed by atoms with Crippen LogP contribution in [0.25, 0.3) is 21.6 Å². The number of hydrogen-bond acceptors (Lipinski definition) is 5. The summed E-state index contributed by atoms with van der Waals surface area (Å²) in [5.41, 5.74) is 6.74. The standard InChI is InChI=1S/C34H27NO4S2/c1-21-7-9-22(10-8-21)19-35-34(37)30-17-25-20-41(38)31-18-24(13-16-29(31)33(25)40-30)27-5-3-4-6-28(27)32(36)23-11-14-26(39-2)15-12-23/h3-18H,19-20H2,1-2H3,(H,35,37). The van der Waals surface area contributed by atoms with Gasteiger partial charge in [-0.25, -0.2) is 0 Å². The van der Waals surface area contributed by atoms with Crippen molar-refractivity contribution in [3.8, 4) is 27.3 Å². The van der Waals surface area contributed by atoms with Gasteiger partial charge in [0, 0.05) is 33.0 Å². The number of methoxy groups -OCH3 is 1. The van der Waals surface area contributed by atoms with Gasteiger partial charge in [0.15, 0.2) is 5.78 Å². The van der Waals surface area contributed by atoms with Crippen molar-refractivity contribution in [3.63, 3.8) is 0 Å². The van der Waals surface area contributed by atoms with Crippen LogP contribution in [-0.4, -0.2) is 23.0 Å². The molecule has 1 N–H and O–H groups in total. The van der Waals surface area contributed by atoms with Crippen LogP contribution in [0.15, 0.2) is 102 Å². The van der Waals surface area contributed by atoms with Crippen LogP contribution >= 0.6 is 11.3 Å². The molecule has 1 atom stereocenters. The van der Waals surface area contributed by atoms with E-state index in [-0.39, 0.29) is 11.7 Å². The normalized spacial score (nSPS) is 13.7. The first-order chi connectivity index (χ1) is 19.9. The molecule has 0 bridgehead atoms. The highest BCUT2D eigenvalue weighted by molar-refractivity contribution is 7.84. The van der Waals surface area contributed by atoms with Crippen LogP contribution in [-0.2, 0) is 23.1 Å². The minimum Gasteiger partial charge on any atom is -0.497 e. The maximum atomic E-state index is 13.4. The number of ketones is 1. The second-order valence-electron chi connectivity index (χ2n) is 9.94. The number of hydrogen-bond donors (Lipinski definition) is 1.